The van der Waals surface area contributed by atoms with E-state index in [-0.39, 0.29) is 0 Å². The Bertz CT molecular complexity index is 546. The van der Waals surface area contributed by atoms with E-state index in [9.17, 15) is 0 Å². The first-order valence-corrected chi connectivity index (χ1v) is 5.96. The monoisotopic (exact) mass is 279 g/mol. The van der Waals surface area contributed by atoms with Gasteiger partial charge in [-0.1, -0.05) is 23.7 Å². The number of nitrogens with two attached hydrogens (primary N) is 1. The van der Waals surface area contributed by atoms with Crippen molar-refractivity contribution < 1.29 is 4.74 Å². The zero-order valence-corrected chi connectivity index (χ0v) is 11.1. The smallest absolute Gasteiger partial charge is 0.205 e. The molecule has 0 spiro atoms. The first-order chi connectivity index (χ1) is 9.24. The second kappa shape index (κ2) is 6.21. The molecular weight excluding hydrogens is 266 g/mol. The molecule has 1 aromatic heterocycles. The fraction of sp³-hybridized carbons (Fsp3) is 0.167. The molecule has 1 aromatic carbocycles. The van der Waals surface area contributed by atoms with Crippen LogP contribution in [0.1, 0.15) is 5.56 Å². The second-order valence-electron chi connectivity index (χ2n) is 3.73. The number of nitrogens with zero attached hydrogens (tertiary/aromatic N) is 2. The summed E-state index contributed by atoms with van der Waals surface area (Å²) in [5.74, 6) is 6.82. The van der Waals surface area contributed by atoms with Crippen molar-refractivity contribution in [1.29, 1.82) is 0 Å². The minimum Gasteiger partial charge on any atom is -0.490 e. The summed E-state index contributed by atoms with van der Waals surface area (Å²) in [7, 11) is 1.53. The molecule has 0 atom stereocenters. The highest BCUT2D eigenvalue weighted by Crippen LogP contribution is 2.28. The summed E-state index contributed by atoms with van der Waals surface area (Å²) >= 11 is 5.83. The van der Waals surface area contributed by atoms with Crippen molar-refractivity contribution in [2.24, 2.45) is 5.84 Å². The molecule has 7 heteroatoms. The van der Waals surface area contributed by atoms with E-state index >= 15 is 0 Å². The Kier molecular flexibility index (Phi) is 4.38. The summed E-state index contributed by atoms with van der Waals surface area (Å²) < 4.78 is 5.22. The lowest BCUT2D eigenvalue weighted by Crippen LogP contribution is -2.12. The maximum Gasteiger partial charge on any atom is 0.205 e. The van der Waals surface area contributed by atoms with E-state index in [1.807, 2.05) is 24.3 Å². The Balaban J connectivity index is 2.13. The molecule has 0 bridgehead atoms. The van der Waals surface area contributed by atoms with E-state index in [0.717, 1.165) is 5.56 Å². The van der Waals surface area contributed by atoms with Gasteiger partial charge in [-0.3, -0.25) is 0 Å². The fourth-order valence-electron chi connectivity index (χ4n) is 1.58. The molecule has 2 rings (SSSR count). The zero-order chi connectivity index (χ0) is 13.7. The predicted octanol–water partition coefficient (Wildman–Crippen LogP) is 2.04. The SMILES string of the molecule is COc1c(NN)ncnc1NCc1ccc(Cl)cc1. The Labute approximate surface area is 115 Å². The molecule has 4 N–H and O–H groups in total. The quantitative estimate of drug-likeness (QED) is 0.574. The number of hydrazine groups is 1. The van der Waals surface area contributed by atoms with Crippen LogP contribution in [0.5, 0.6) is 5.75 Å². The van der Waals surface area contributed by atoms with Gasteiger partial charge in [0.15, 0.2) is 11.6 Å². The van der Waals surface area contributed by atoms with E-state index in [1.54, 1.807) is 0 Å². The van der Waals surface area contributed by atoms with Gasteiger partial charge in [0.05, 0.1) is 7.11 Å². The average Bonchev–Trinajstić information content (AvgIpc) is 2.46. The van der Waals surface area contributed by atoms with Crippen LogP contribution in [0.3, 0.4) is 0 Å². The number of halogens is 1. The highest BCUT2D eigenvalue weighted by atomic mass is 35.5. The number of hydrogen-bond acceptors (Lipinski definition) is 6. The molecule has 0 aliphatic rings. The van der Waals surface area contributed by atoms with E-state index in [0.29, 0.717) is 29.0 Å². The van der Waals surface area contributed by atoms with Crippen molar-refractivity contribution in [1.82, 2.24) is 9.97 Å². The van der Waals surface area contributed by atoms with Gasteiger partial charge in [0.2, 0.25) is 5.75 Å². The van der Waals surface area contributed by atoms with Gasteiger partial charge in [0.1, 0.15) is 6.33 Å². The summed E-state index contributed by atoms with van der Waals surface area (Å²) in [6.45, 7) is 0.592. The fourth-order valence-corrected chi connectivity index (χ4v) is 1.71. The number of nitrogen functional groups attached to an aromatic ring is 1. The van der Waals surface area contributed by atoms with Gasteiger partial charge in [-0.15, -0.1) is 0 Å². The molecule has 1 heterocycles. The predicted molar refractivity (Wildman–Crippen MR) is 75.2 cm³/mol. The molecule has 2 aromatic rings. The van der Waals surface area contributed by atoms with Gasteiger partial charge < -0.3 is 15.5 Å². The maximum absolute atomic E-state index is 5.83. The number of ether oxygens (including phenoxy) is 1. The summed E-state index contributed by atoms with van der Waals surface area (Å²) in [5.41, 5.74) is 3.54. The number of rotatable bonds is 5. The topological polar surface area (TPSA) is 85.1 Å². The number of nitrogens with one attached hydrogen (secondary N) is 2. The van der Waals surface area contributed by atoms with Crippen molar-refractivity contribution in [3.63, 3.8) is 0 Å². The summed E-state index contributed by atoms with van der Waals surface area (Å²) in [4.78, 5) is 8.09. The Morgan fingerprint density at radius 1 is 1.21 bits per heavy atom. The van der Waals surface area contributed by atoms with Crippen molar-refractivity contribution in [3.05, 3.63) is 41.2 Å². The van der Waals surface area contributed by atoms with Crippen LogP contribution < -0.4 is 21.3 Å². The van der Waals surface area contributed by atoms with Crippen LogP contribution in [-0.2, 0) is 6.54 Å². The van der Waals surface area contributed by atoms with Gasteiger partial charge in [0.25, 0.3) is 0 Å². The van der Waals surface area contributed by atoms with Crippen LogP contribution in [0.2, 0.25) is 5.02 Å². The minimum absolute atomic E-state index is 0.427. The molecule has 0 radical (unpaired) electrons. The molecule has 0 aliphatic carbocycles. The third-order valence-corrected chi connectivity index (χ3v) is 2.77. The lowest BCUT2D eigenvalue weighted by Gasteiger charge is -2.12. The Morgan fingerprint density at radius 2 is 1.89 bits per heavy atom. The summed E-state index contributed by atoms with van der Waals surface area (Å²) in [6.07, 6.45) is 1.40. The number of methoxy groups -OCH3 is 1. The van der Waals surface area contributed by atoms with E-state index < -0.39 is 0 Å². The third kappa shape index (κ3) is 3.24. The van der Waals surface area contributed by atoms with Gasteiger partial charge in [-0.05, 0) is 17.7 Å². The van der Waals surface area contributed by atoms with Crippen LogP contribution in [0.4, 0.5) is 11.6 Å². The van der Waals surface area contributed by atoms with Gasteiger partial charge in [0, 0.05) is 11.6 Å². The third-order valence-electron chi connectivity index (χ3n) is 2.52. The van der Waals surface area contributed by atoms with E-state index in [1.165, 1.54) is 13.4 Å². The van der Waals surface area contributed by atoms with Crippen LogP contribution in [0, 0.1) is 0 Å². The van der Waals surface area contributed by atoms with Crippen LogP contribution in [0.25, 0.3) is 0 Å². The van der Waals surface area contributed by atoms with Crippen LogP contribution in [-0.4, -0.2) is 17.1 Å². The molecule has 0 saturated carbocycles. The minimum atomic E-state index is 0.427. The van der Waals surface area contributed by atoms with E-state index in [4.69, 9.17) is 22.2 Å². The first-order valence-electron chi connectivity index (χ1n) is 5.58. The van der Waals surface area contributed by atoms with Gasteiger partial charge in [-0.2, -0.15) is 0 Å². The average molecular weight is 280 g/mol. The van der Waals surface area contributed by atoms with Crippen molar-refractivity contribution in [2.45, 2.75) is 6.54 Å². The molecule has 0 fully saturated rings. The molecule has 6 nitrogen and oxygen atoms in total. The molecule has 100 valence electrons. The van der Waals surface area contributed by atoms with Crippen molar-refractivity contribution >= 4 is 23.2 Å². The molecule has 0 saturated heterocycles. The lowest BCUT2D eigenvalue weighted by atomic mass is 10.2. The standard InChI is InChI=1S/C12H14ClN5O/c1-19-10-11(16-7-17-12(10)18-14)15-6-8-2-4-9(13)5-3-8/h2-5,7H,6,14H2,1H3,(H2,15,16,17,18). The Morgan fingerprint density at radius 3 is 2.53 bits per heavy atom. The maximum atomic E-state index is 5.83. The number of anilines is 2. The second-order valence-corrected chi connectivity index (χ2v) is 4.16. The lowest BCUT2D eigenvalue weighted by molar-refractivity contribution is 0.414. The first kappa shape index (κ1) is 13.4. The highest BCUT2D eigenvalue weighted by molar-refractivity contribution is 6.30. The molecule has 0 unspecified atom stereocenters. The molecular formula is C12H14ClN5O. The number of hydrogen-bond donors (Lipinski definition) is 3. The molecule has 19 heavy (non-hydrogen) atoms. The zero-order valence-electron chi connectivity index (χ0n) is 10.4. The highest BCUT2D eigenvalue weighted by Gasteiger charge is 2.10. The van der Waals surface area contributed by atoms with Gasteiger partial charge in [-0.25, -0.2) is 15.8 Å². The Hall–Kier alpha value is -2.05. The molecule has 0 amide bonds. The largest absolute Gasteiger partial charge is 0.490 e. The van der Waals surface area contributed by atoms with Crippen LogP contribution in [0.15, 0.2) is 30.6 Å². The number of aromatic nitrogens is 2. The summed E-state index contributed by atoms with van der Waals surface area (Å²) in [5, 5.41) is 3.87. The van der Waals surface area contributed by atoms with E-state index in [2.05, 4.69) is 20.7 Å². The van der Waals surface area contributed by atoms with Gasteiger partial charge >= 0.3 is 0 Å². The van der Waals surface area contributed by atoms with Crippen LogP contribution >= 0.6 is 11.6 Å². The normalized spacial score (nSPS) is 10.1. The number of benzene rings is 1. The molecule has 0 aliphatic heterocycles. The summed E-state index contributed by atoms with van der Waals surface area (Å²) in [6, 6.07) is 7.54. The van der Waals surface area contributed by atoms with Crippen molar-refractivity contribution in [2.75, 3.05) is 17.9 Å². The van der Waals surface area contributed by atoms with Crippen molar-refractivity contribution in [3.8, 4) is 5.75 Å².